The SMILES string of the molecule is O=C(Cn1c(=O)ccn(Cc2ccccc2)c1=O)OCC(=O)N1CCCCCCC1. The molecule has 1 aromatic heterocycles. The monoisotopic (exact) mass is 413 g/mol. The molecule has 1 aliphatic heterocycles. The number of hydrogen-bond donors (Lipinski definition) is 0. The number of amides is 1. The van der Waals surface area contributed by atoms with Crippen LogP contribution in [0.3, 0.4) is 0 Å². The van der Waals surface area contributed by atoms with Gasteiger partial charge in [0, 0.05) is 25.4 Å². The molecule has 2 heterocycles. The molecule has 0 spiro atoms. The summed E-state index contributed by atoms with van der Waals surface area (Å²) in [6.45, 7) is 0.707. The lowest BCUT2D eigenvalue weighted by Gasteiger charge is -2.24. The largest absolute Gasteiger partial charge is 0.454 e. The highest BCUT2D eigenvalue weighted by Crippen LogP contribution is 2.10. The third kappa shape index (κ3) is 5.92. The fraction of sp³-hybridized carbons (Fsp3) is 0.455. The first kappa shape index (κ1) is 21.5. The summed E-state index contributed by atoms with van der Waals surface area (Å²) in [7, 11) is 0. The average molecular weight is 413 g/mol. The van der Waals surface area contributed by atoms with Crippen LogP contribution in [0.1, 0.15) is 37.7 Å². The third-order valence-corrected chi connectivity index (χ3v) is 5.19. The van der Waals surface area contributed by atoms with E-state index < -0.39 is 23.8 Å². The minimum atomic E-state index is -0.785. The first-order chi connectivity index (χ1) is 14.5. The van der Waals surface area contributed by atoms with Crippen LogP contribution in [0.25, 0.3) is 0 Å². The molecule has 1 amide bonds. The van der Waals surface area contributed by atoms with E-state index in [1.807, 2.05) is 30.3 Å². The minimum absolute atomic E-state index is 0.243. The molecule has 1 aliphatic rings. The van der Waals surface area contributed by atoms with Gasteiger partial charge in [-0.25, -0.2) is 9.36 Å². The predicted molar refractivity (Wildman–Crippen MR) is 111 cm³/mol. The van der Waals surface area contributed by atoms with E-state index in [1.165, 1.54) is 23.3 Å². The van der Waals surface area contributed by atoms with Gasteiger partial charge < -0.3 is 9.64 Å². The van der Waals surface area contributed by atoms with Gasteiger partial charge in [-0.2, -0.15) is 0 Å². The maximum Gasteiger partial charge on any atom is 0.331 e. The summed E-state index contributed by atoms with van der Waals surface area (Å²) in [4.78, 5) is 51.0. The van der Waals surface area contributed by atoms with Crippen LogP contribution in [0.15, 0.2) is 52.2 Å². The summed E-state index contributed by atoms with van der Waals surface area (Å²) >= 11 is 0. The third-order valence-electron chi connectivity index (χ3n) is 5.19. The highest BCUT2D eigenvalue weighted by atomic mass is 16.5. The molecule has 8 nitrogen and oxygen atoms in total. The smallest absolute Gasteiger partial charge is 0.331 e. The Kier molecular flexibility index (Phi) is 7.59. The highest BCUT2D eigenvalue weighted by Gasteiger charge is 2.18. The highest BCUT2D eigenvalue weighted by molar-refractivity contribution is 5.80. The number of aromatic nitrogens is 2. The molecule has 1 saturated heterocycles. The van der Waals surface area contributed by atoms with E-state index >= 15 is 0 Å². The van der Waals surface area contributed by atoms with Gasteiger partial charge in [0.2, 0.25) is 0 Å². The number of carbonyl (C=O) groups is 2. The van der Waals surface area contributed by atoms with Crippen molar-refractivity contribution in [3.05, 3.63) is 69.0 Å². The Labute approximate surface area is 174 Å². The summed E-state index contributed by atoms with van der Waals surface area (Å²) in [5.74, 6) is -1.03. The summed E-state index contributed by atoms with van der Waals surface area (Å²) in [6.07, 6.45) is 6.67. The normalized spacial score (nSPS) is 14.6. The molecule has 0 aliphatic carbocycles. The van der Waals surface area contributed by atoms with Crippen LogP contribution in [0.2, 0.25) is 0 Å². The molecular formula is C22H27N3O5. The Balaban J connectivity index is 1.60. The van der Waals surface area contributed by atoms with Crippen molar-refractivity contribution < 1.29 is 14.3 Å². The van der Waals surface area contributed by atoms with Gasteiger partial charge in [0.1, 0.15) is 6.54 Å². The molecular weight excluding hydrogens is 386 g/mol. The average Bonchev–Trinajstić information content (AvgIpc) is 2.72. The minimum Gasteiger partial charge on any atom is -0.454 e. The van der Waals surface area contributed by atoms with E-state index in [1.54, 1.807) is 4.90 Å². The number of nitrogens with zero attached hydrogens (tertiary/aromatic N) is 3. The van der Waals surface area contributed by atoms with Crippen molar-refractivity contribution in [2.24, 2.45) is 0 Å². The molecule has 3 rings (SSSR count). The van der Waals surface area contributed by atoms with Gasteiger partial charge in [-0.05, 0) is 18.4 Å². The van der Waals surface area contributed by atoms with Crippen molar-refractivity contribution in [2.75, 3.05) is 19.7 Å². The van der Waals surface area contributed by atoms with Gasteiger partial charge in [-0.3, -0.25) is 19.0 Å². The van der Waals surface area contributed by atoms with Crippen molar-refractivity contribution >= 4 is 11.9 Å². The summed E-state index contributed by atoms with van der Waals surface area (Å²) in [6, 6.07) is 10.6. The molecule has 1 aromatic carbocycles. The van der Waals surface area contributed by atoms with E-state index in [4.69, 9.17) is 4.74 Å². The van der Waals surface area contributed by atoms with Crippen molar-refractivity contribution in [3.8, 4) is 0 Å². The van der Waals surface area contributed by atoms with Crippen LogP contribution >= 0.6 is 0 Å². The van der Waals surface area contributed by atoms with Crippen LogP contribution in [-0.4, -0.2) is 45.6 Å². The summed E-state index contributed by atoms with van der Waals surface area (Å²) < 4.78 is 7.24. The molecule has 160 valence electrons. The quantitative estimate of drug-likeness (QED) is 0.668. The van der Waals surface area contributed by atoms with Crippen molar-refractivity contribution in [1.82, 2.24) is 14.0 Å². The van der Waals surface area contributed by atoms with E-state index in [0.29, 0.717) is 13.1 Å². The number of carbonyl (C=O) groups excluding carboxylic acids is 2. The standard InChI is InChI=1S/C22H27N3O5/c26-19-11-14-24(15-18-9-5-4-6-10-18)22(29)25(19)16-21(28)30-17-20(27)23-12-7-2-1-3-8-13-23/h4-6,9-11,14H,1-3,7-8,12-13,15-17H2. The zero-order chi connectivity index (χ0) is 21.3. The zero-order valence-electron chi connectivity index (χ0n) is 17.0. The van der Waals surface area contributed by atoms with Crippen LogP contribution in [-0.2, 0) is 27.4 Å². The van der Waals surface area contributed by atoms with Crippen molar-refractivity contribution in [2.45, 2.75) is 45.2 Å². The molecule has 2 aromatic rings. The molecule has 8 heteroatoms. The van der Waals surface area contributed by atoms with Gasteiger partial charge in [0.05, 0.1) is 6.54 Å². The van der Waals surface area contributed by atoms with Gasteiger partial charge >= 0.3 is 11.7 Å². The number of benzene rings is 1. The maximum atomic E-state index is 12.6. The number of esters is 1. The molecule has 0 atom stereocenters. The van der Waals surface area contributed by atoms with Gasteiger partial charge in [-0.15, -0.1) is 0 Å². The van der Waals surface area contributed by atoms with Crippen LogP contribution in [0.5, 0.6) is 0 Å². The fourth-order valence-electron chi connectivity index (χ4n) is 3.51. The van der Waals surface area contributed by atoms with Crippen LogP contribution in [0, 0.1) is 0 Å². The second-order valence-corrected chi connectivity index (χ2v) is 7.45. The lowest BCUT2D eigenvalue weighted by molar-refractivity contribution is -0.152. The molecule has 30 heavy (non-hydrogen) atoms. The van der Waals surface area contributed by atoms with Crippen molar-refractivity contribution in [1.29, 1.82) is 0 Å². The van der Waals surface area contributed by atoms with E-state index in [0.717, 1.165) is 35.8 Å². The lowest BCUT2D eigenvalue weighted by atomic mass is 10.1. The van der Waals surface area contributed by atoms with Gasteiger partial charge in [0.25, 0.3) is 11.5 Å². The second-order valence-electron chi connectivity index (χ2n) is 7.45. The molecule has 0 N–H and O–H groups in total. The predicted octanol–water partition coefficient (Wildman–Crippen LogP) is 1.39. The van der Waals surface area contributed by atoms with Crippen LogP contribution in [0.4, 0.5) is 0 Å². The summed E-state index contributed by atoms with van der Waals surface area (Å²) in [5.41, 5.74) is -0.291. The molecule has 1 fully saturated rings. The topological polar surface area (TPSA) is 90.6 Å². The lowest BCUT2D eigenvalue weighted by Crippen LogP contribution is -2.42. The Morgan fingerprint density at radius 2 is 1.57 bits per heavy atom. The van der Waals surface area contributed by atoms with E-state index in [2.05, 4.69) is 0 Å². The van der Waals surface area contributed by atoms with Crippen LogP contribution < -0.4 is 11.2 Å². The maximum absolute atomic E-state index is 12.6. The number of ether oxygens (including phenoxy) is 1. The van der Waals surface area contributed by atoms with E-state index in [-0.39, 0.29) is 19.1 Å². The molecule has 0 unspecified atom stereocenters. The van der Waals surface area contributed by atoms with Gasteiger partial charge in [0.15, 0.2) is 6.61 Å². The van der Waals surface area contributed by atoms with Crippen molar-refractivity contribution in [3.63, 3.8) is 0 Å². The summed E-state index contributed by atoms with van der Waals surface area (Å²) in [5, 5.41) is 0. The zero-order valence-corrected chi connectivity index (χ0v) is 17.0. The Bertz CT molecular complexity index is 972. The first-order valence-corrected chi connectivity index (χ1v) is 10.3. The number of likely N-dealkylation sites (tertiary alicyclic amines) is 1. The Morgan fingerprint density at radius 1 is 0.900 bits per heavy atom. The van der Waals surface area contributed by atoms with Gasteiger partial charge in [-0.1, -0.05) is 49.6 Å². The number of hydrogen-bond acceptors (Lipinski definition) is 5. The Hall–Kier alpha value is -3.16. The first-order valence-electron chi connectivity index (χ1n) is 10.3. The molecule has 0 bridgehead atoms. The molecule has 0 radical (unpaired) electrons. The second kappa shape index (κ2) is 10.6. The number of rotatable bonds is 6. The van der Waals surface area contributed by atoms with E-state index in [9.17, 15) is 19.2 Å². The fourth-order valence-corrected chi connectivity index (χ4v) is 3.51. The Morgan fingerprint density at radius 3 is 2.27 bits per heavy atom. The molecule has 0 saturated carbocycles.